The van der Waals surface area contributed by atoms with Crippen molar-refractivity contribution >= 4 is 23.8 Å². The number of likely N-dealkylation sites (N-methyl/N-ethyl adjacent to an activating group) is 1. The zero-order chi connectivity index (χ0) is 29.8. The van der Waals surface area contributed by atoms with Crippen molar-refractivity contribution in [2.24, 2.45) is 0 Å². The number of amides is 2. The van der Waals surface area contributed by atoms with E-state index in [1.54, 1.807) is 43.4 Å². The second kappa shape index (κ2) is 25.5. The highest BCUT2D eigenvalue weighted by atomic mass is 16.6. The summed E-state index contributed by atoms with van der Waals surface area (Å²) >= 11 is 0. The van der Waals surface area contributed by atoms with Gasteiger partial charge in [-0.1, -0.05) is 49.7 Å². The van der Waals surface area contributed by atoms with Crippen LogP contribution in [0, 0.1) is 0 Å². The van der Waals surface area contributed by atoms with Gasteiger partial charge in [0.15, 0.2) is 0 Å². The molecule has 0 radical (unpaired) electrons. The van der Waals surface area contributed by atoms with Crippen molar-refractivity contribution < 1.29 is 43.2 Å². The number of ether oxygens (including phenoxy) is 4. The van der Waals surface area contributed by atoms with E-state index in [1.807, 2.05) is 31.2 Å². The molecule has 0 aliphatic rings. The first kappa shape index (κ1) is 36.2. The Morgan fingerprint density at radius 3 is 1.65 bits per heavy atom. The van der Waals surface area contributed by atoms with Crippen LogP contribution in [-0.2, 0) is 28.7 Å². The van der Waals surface area contributed by atoms with Gasteiger partial charge in [-0.15, -0.1) is 0 Å². The molecule has 0 aromatic heterocycles. The number of unbranched alkanes of at least 4 members (excludes halogenated alkanes) is 2. The Kier molecular flexibility index (Phi) is 23.1. The van der Waals surface area contributed by atoms with E-state index in [0.29, 0.717) is 44.2 Å². The predicted molar refractivity (Wildman–Crippen MR) is 150 cm³/mol. The molecule has 0 aliphatic heterocycles. The molecule has 2 rings (SSSR count). The molecule has 2 amide bonds. The Bertz CT molecular complexity index is 852. The van der Waals surface area contributed by atoms with Gasteiger partial charge in [0.1, 0.15) is 24.7 Å². The number of carbonyl (C=O) groups is 4. The molecule has 40 heavy (non-hydrogen) atoms. The van der Waals surface area contributed by atoms with Crippen molar-refractivity contribution in [1.29, 1.82) is 0 Å². The summed E-state index contributed by atoms with van der Waals surface area (Å²) in [6.07, 6.45) is 3.47. The lowest BCUT2D eigenvalue weighted by molar-refractivity contribution is -0.140. The lowest BCUT2D eigenvalue weighted by atomic mass is 10.2. The quantitative estimate of drug-likeness (QED) is 0.169. The van der Waals surface area contributed by atoms with Crippen LogP contribution < -0.4 is 20.1 Å². The first-order chi connectivity index (χ1) is 19.4. The molecule has 0 saturated carbocycles. The number of benzene rings is 2. The van der Waals surface area contributed by atoms with E-state index in [1.165, 1.54) is 7.05 Å². The van der Waals surface area contributed by atoms with Crippen molar-refractivity contribution in [3.63, 3.8) is 0 Å². The Morgan fingerprint density at radius 1 is 0.675 bits per heavy atom. The fourth-order valence-electron chi connectivity index (χ4n) is 2.60. The Morgan fingerprint density at radius 2 is 1.20 bits per heavy atom. The molecule has 0 saturated heterocycles. The molecular weight excluding hydrogens is 520 g/mol. The highest BCUT2D eigenvalue weighted by molar-refractivity contribution is 5.76. The van der Waals surface area contributed by atoms with E-state index < -0.39 is 12.6 Å². The van der Waals surface area contributed by atoms with Gasteiger partial charge in [0.25, 0.3) is 0 Å². The van der Waals surface area contributed by atoms with Gasteiger partial charge in [0.2, 0.25) is 11.8 Å². The van der Waals surface area contributed by atoms with Gasteiger partial charge in [-0.2, -0.15) is 0 Å². The lowest BCUT2D eigenvalue weighted by Crippen LogP contribution is -2.20. The standard InChI is InChI=1S/C22H26O6.C4H9NO.C3H7NO2/c23-21(27-19-10-4-1-5-11-19)14-8-3-9-15-25-16-17-26-18-22(24)28-20-12-6-2-7-13-20;1-3-4(6)5-2;1-4-3(6)2-5/h1-2,4-7,10-13H,3,8-9,14-18H2;3H2,1-2H3,(H,5,6);5H,2H2,1H3,(H,4,6). The van der Waals surface area contributed by atoms with Crippen molar-refractivity contribution in [2.45, 2.75) is 39.0 Å². The number of aliphatic hydroxyl groups excluding tert-OH is 1. The van der Waals surface area contributed by atoms with Crippen LogP contribution in [0.1, 0.15) is 39.0 Å². The largest absolute Gasteiger partial charge is 0.427 e. The molecule has 0 aliphatic carbocycles. The second-order valence-corrected chi connectivity index (χ2v) is 7.91. The van der Waals surface area contributed by atoms with Gasteiger partial charge in [0.05, 0.1) is 13.2 Å². The Balaban J connectivity index is 0.00000106. The van der Waals surface area contributed by atoms with Crippen molar-refractivity contribution in [2.75, 3.05) is 47.1 Å². The number of esters is 2. The fourth-order valence-corrected chi connectivity index (χ4v) is 2.60. The predicted octanol–water partition coefficient (Wildman–Crippen LogP) is 2.66. The molecule has 0 unspecified atom stereocenters. The number of nitrogens with one attached hydrogen (secondary N) is 2. The van der Waals surface area contributed by atoms with E-state index in [2.05, 4.69) is 10.6 Å². The minimum atomic E-state index is -0.436. The van der Waals surface area contributed by atoms with Crippen LogP contribution >= 0.6 is 0 Å². The van der Waals surface area contributed by atoms with Gasteiger partial charge in [0, 0.05) is 33.5 Å². The van der Waals surface area contributed by atoms with Gasteiger partial charge in [-0.05, 0) is 37.1 Å². The monoisotopic (exact) mass is 562 g/mol. The minimum absolute atomic E-state index is 0.0926. The summed E-state index contributed by atoms with van der Waals surface area (Å²) in [5.41, 5.74) is 0. The number of para-hydroxylation sites is 2. The second-order valence-electron chi connectivity index (χ2n) is 7.91. The maximum Gasteiger partial charge on any atom is 0.337 e. The molecule has 0 fully saturated rings. The fraction of sp³-hybridized carbons (Fsp3) is 0.448. The Labute approximate surface area is 236 Å². The minimum Gasteiger partial charge on any atom is -0.427 e. The summed E-state index contributed by atoms with van der Waals surface area (Å²) in [6.45, 7) is 2.62. The van der Waals surface area contributed by atoms with Gasteiger partial charge < -0.3 is 34.7 Å². The number of rotatable bonds is 15. The van der Waals surface area contributed by atoms with Crippen molar-refractivity contribution in [1.82, 2.24) is 10.6 Å². The molecule has 0 bridgehead atoms. The number of aliphatic hydroxyl groups is 1. The van der Waals surface area contributed by atoms with Gasteiger partial charge in [-0.3, -0.25) is 14.4 Å². The third-order valence-corrected chi connectivity index (χ3v) is 4.73. The molecule has 0 heterocycles. The summed E-state index contributed by atoms with van der Waals surface area (Å²) in [5.74, 6) is 0.157. The normalized spacial score (nSPS) is 9.60. The topological polar surface area (TPSA) is 149 Å². The van der Waals surface area contributed by atoms with Gasteiger partial charge in [-0.25, -0.2) is 4.79 Å². The van der Waals surface area contributed by atoms with Crippen LogP contribution in [0.4, 0.5) is 0 Å². The van der Waals surface area contributed by atoms with Crippen LogP contribution in [0.25, 0.3) is 0 Å². The van der Waals surface area contributed by atoms with E-state index in [-0.39, 0.29) is 24.4 Å². The zero-order valence-corrected chi connectivity index (χ0v) is 23.6. The molecule has 11 heteroatoms. The van der Waals surface area contributed by atoms with Crippen LogP contribution in [-0.4, -0.2) is 76.0 Å². The zero-order valence-electron chi connectivity index (χ0n) is 23.6. The lowest BCUT2D eigenvalue weighted by Gasteiger charge is -2.07. The number of hydrogen-bond acceptors (Lipinski definition) is 9. The molecule has 222 valence electrons. The summed E-state index contributed by atoms with van der Waals surface area (Å²) in [4.78, 5) is 43.1. The van der Waals surface area contributed by atoms with E-state index in [4.69, 9.17) is 24.1 Å². The Hall–Kier alpha value is -3.80. The molecule has 0 spiro atoms. The SMILES string of the molecule is CCC(=O)NC.CNC(=O)CO.O=C(CCCCCOCCOCC(=O)Oc1ccccc1)Oc1ccccc1. The first-order valence-electron chi connectivity index (χ1n) is 13.0. The van der Waals surface area contributed by atoms with Crippen LogP contribution in [0.2, 0.25) is 0 Å². The van der Waals surface area contributed by atoms with Crippen molar-refractivity contribution in [3.8, 4) is 11.5 Å². The molecule has 3 N–H and O–H groups in total. The summed E-state index contributed by atoms with van der Waals surface area (Å²) in [6, 6.07) is 17.9. The summed E-state index contributed by atoms with van der Waals surface area (Å²) in [7, 11) is 3.10. The molecule has 2 aromatic rings. The van der Waals surface area contributed by atoms with Gasteiger partial charge >= 0.3 is 11.9 Å². The van der Waals surface area contributed by atoms with E-state index in [9.17, 15) is 19.2 Å². The molecule has 0 atom stereocenters. The van der Waals surface area contributed by atoms with Crippen LogP contribution in [0.5, 0.6) is 11.5 Å². The summed E-state index contributed by atoms with van der Waals surface area (Å²) < 4.78 is 21.0. The maximum atomic E-state index is 11.7. The average molecular weight is 563 g/mol. The highest BCUT2D eigenvalue weighted by Gasteiger charge is 2.05. The molecular formula is C29H42N2O9. The molecule has 2 aromatic carbocycles. The number of hydrogen-bond donors (Lipinski definition) is 3. The molecule has 11 nitrogen and oxygen atoms in total. The first-order valence-corrected chi connectivity index (χ1v) is 13.0. The van der Waals surface area contributed by atoms with Crippen LogP contribution in [0.3, 0.4) is 0 Å². The number of carbonyl (C=O) groups excluding carboxylic acids is 4. The smallest absolute Gasteiger partial charge is 0.337 e. The van der Waals surface area contributed by atoms with E-state index >= 15 is 0 Å². The maximum absolute atomic E-state index is 11.7. The third kappa shape index (κ3) is 22.2. The van der Waals surface area contributed by atoms with Crippen LogP contribution in [0.15, 0.2) is 60.7 Å². The highest BCUT2D eigenvalue weighted by Crippen LogP contribution is 2.11. The summed E-state index contributed by atoms with van der Waals surface area (Å²) in [5, 5.41) is 12.6. The van der Waals surface area contributed by atoms with Crippen molar-refractivity contribution in [3.05, 3.63) is 60.7 Å². The average Bonchev–Trinajstić information content (AvgIpc) is 2.98. The third-order valence-electron chi connectivity index (χ3n) is 4.73. The van der Waals surface area contributed by atoms with E-state index in [0.717, 1.165) is 19.3 Å².